The van der Waals surface area contributed by atoms with E-state index in [-0.39, 0.29) is 24.9 Å². The highest BCUT2D eigenvalue weighted by Crippen LogP contribution is 2.24. The van der Waals surface area contributed by atoms with Crippen LogP contribution in [0.4, 0.5) is 0 Å². The van der Waals surface area contributed by atoms with E-state index in [2.05, 4.69) is 12.3 Å². The molecule has 1 aromatic rings. The standard InChI is InChI=1S/C19H25NO6.C3H6.ClH/c1-11(2)17(21)26-16-12(3)25-19(23)15(20)10-24-18(22)14(16)9-13-7-5-4-6-8-13;1-3-2;/h4-8,11-12,14-16H,9-10,20H2,1-3H3;3H,1H2,2H3;1H/t12-,14+,15-,16-;;/m0../s1/i;2+2;. The van der Waals surface area contributed by atoms with Gasteiger partial charge in [0.25, 0.3) is 0 Å². The molecule has 0 bridgehead atoms. The van der Waals surface area contributed by atoms with Gasteiger partial charge in [-0.1, -0.05) is 50.3 Å². The molecule has 0 amide bonds. The van der Waals surface area contributed by atoms with Crippen LogP contribution in [0.2, 0.25) is 0 Å². The summed E-state index contributed by atoms with van der Waals surface area (Å²) in [7, 11) is 0. The number of allylic oxidation sites excluding steroid dienone is 1. The van der Waals surface area contributed by atoms with Crippen LogP contribution < -0.4 is 18.1 Å². The average Bonchev–Trinajstić information content (AvgIpc) is 2.71. The minimum Gasteiger partial charge on any atom is -1.00 e. The molecule has 4 atom stereocenters. The highest BCUT2D eigenvalue weighted by Gasteiger charge is 2.41. The zero-order valence-corrected chi connectivity index (χ0v) is 18.8. The second-order valence-electron chi connectivity index (χ2n) is 7.23. The average molecular weight is 444 g/mol. The Hall–Kier alpha value is -2.38. The van der Waals surface area contributed by atoms with Crippen molar-refractivity contribution in [2.75, 3.05) is 6.61 Å². The molecule has 2 rings (SSSR count). The van der Waals surface area contributed by atoms with Gasteiger partial charge in [-0.2, -0.15) is 0 Å². The van der Waals surface area contributed by atoms with Crippen LogP contribution in [-0.2, 0) is 35.0 Å². The number of hydrogen-bond donors (Lipinski definition) is 1. The zero-order chi connectivity index (χ0) is 22.0. The van der Waals surface area contributed by atoms with Crippen molar-refractivity contribution in [2.24, 2.45) is 11.8 Å². The summed E-state index contributed by atoms with van der Waals surface area (Å²) < 4.78 is 16.2. The SMILES string of the molecule is C=C[14CH3].CC(C)C(=O)O[C@H]1[C@H](C)OC(=O)[C@@H]([NH3+])COC(=O)[C@@H]1Cc1ccccc1.[Cl-]. The minimum atomic E-state index is -0.938. The number of halogens is 1. The van der Waals surface area contributed by atoms with Crippen LogP contribution in [-0.4, -0.2) is 42.8 Å². The quantitative estimate of drug-likeness (QED) is 0.352. The zero-order valence-electron chi connectivity index (χ0n) is 18.0. The van der Waals surface area contributed by atoms with E-state index in [1.54, 1.807) is 26.8 Å². The van der Waals surface area contributed by atoms with E-state index in [4.69, 9.17) is 14.2 Å². The van der Waals surface area contributed by atoms with Gasteiger partial charge in [0.1, 0.15) is 12.0 Å². The van der Waals surface area contributed by atoms with E-state index in [9.17, 15) is 14.4 Å². The molecule has 1 fully saturated rings. The van der Waals surface area contributed by atoms with Gasteiger partial charge in [0.2, 0.25) is 6.04 Å². The Kier molecular flexibility index (Phi) is 12.7. The molecule has 7 nitrogen and oxygen atoms in total. The molecule has 1 aliphatic heterocycles. The molecule has 1 aliphatic rings. The molecule has 0 aromatic heterocycles. The van der Waals surface area contributed by atoms with Crippen molar-refractivity contribution in [1.82, 2.24) is 0 Å². The lowest BCUT2D eigenvalue weighted by Gasteiger charge is -2.29. The molecular formula is C22H32ClNO6. The normalized spacial score (nSPS) is 23.8. The number of rotatable bonds is 4. The molecule has 0 spiro atoms. The van der Waals surface area contributed by atoms with E-state index in [1.165, 1.54) is 0 Å². The Balaban J connectivity index is 0.00000198. The lowest BCUT2D eigenvalue weighted by Crippen LogP contribution is -3.00. The summed E-state index contributed by atoms with van der Waals surface area (Å²) >= 11 is 0. The monoisotopic (exact) mass is 443 g/mol. The van der Waals surface area contributed by atoms with Crippen molar-refractivity contribution in [2.45, 2.75) is 52.4 Å². The molecule has 168 valence electrons. The summed E-state index contributed by atoms with van der Waals surface area (Å²) in [5.41, 5.74) is 4.55. The van der Waals surface area contributed by atoms with Crippen molar-refractivity contribution >= 4 is 17.9 Å². The fraction of sp³-hybridized carbons (Fsp3) is 0.500. The van der Waals surface area contributed by atoms with Gasteiger partial charge in [0.15, 0.2) is 12.7 Å². The molecular weight excluding hydrogens is 412 g/mol. The van der Waals surface area contributed by atoms with Crippen molar-refractivity contribution in [1.29, 1.82) is 0 Å². The molecule has 1 heterocycles. The van der Waals surface area contributed by atoms with Gasteiger partial charge in [-0.25, -0.2) is 4.79 Å². The fourth-order valence-corrected chi connectivity index (χ4v) is 2.68. The van der Waals surface area contributed by atoms with Crippen LogP contribution >= 0.6 is 0 Å². The van der Waals surface area contributed by atoms with Gasteiger partial charge in [0.05, 0.1) is 5.92 Å². The Morgan fingerprint density at radius 3 is 2.40 bits per heavy atom. The van der Waals surface area contributed by atoms with Crippen molar-refractivity contribution < 1.29 is 46.7 Å². The van der Waals surface area contributed by atoms with Gasteiger partial charge >= 0.3 is 17.9 Å². The minimum absolute atomic E-state index is 0. The first kappa shape index (κ1) is 27.6. The van der Waals surface area contributed by atoms with Crippen molar-refractivity contribution in [3.63, 3.8) is 0 Å². The van der Waals surface area contributed by atoms with E-state index in [0.717, 1.165) is 5.56 Å². The molecule has 1 aromatic carbocycles. The van der Waals surface area contributed by atoms with Crippen molar-refractivity contribution in [3.05, 3.63) is 48.6 Å². The number of ether oxygens (including phenoxy) is 3. The Bertz CT molecular complexity index is 694. The lowest BCUT2D eigenvalue weighted by molar-refractivity contribution is -0.413. The predicted molar refractivity (Wildman–Crippen MR) is 107 cm³/mol. The molecule has 1 saturated heterocycles. The molecule has 8 heteroatoms. The molecule has 3 N–H and O–H groups in total. The van der Waals surface area contributed by atoms with E-state index in [1.807, 2.05) is 37.3 Å². The number of carbonyl (C=O) groups is 3. The lowest BCUT2D eigenvalue weighted by atomic mass is 9.91. The number of cyclic esters (lactones) is 2. The molecule has 0 aliphatic carbocycles. The smallest absolute Gasteiger partial charge is 0.368 e. The molecule has 0 unspecified atom stereocenters. The maximum absolute atomic E-state index is 12.7. The van der Waals surface area contributed by atoms with Gasteiger partial charge in [-0.15, -0.1) is 6.58 Å². The second kappa shape index (κ2) is 13.8. The highest BCUT2D eigenvalue weighted by molar-refractivity contribution is 5.78. The number of quaternary nitrogens is 1. The summed E-state index contributed by atoms with van der Waals surface area (Å²) in [6, 6.07) is 8.53. The maximum atomic E-state index is 12.7. The number of hydrogen-bond acceptors (Lipinski definition) is 6. The number of esters is 3. The van der Waals surface area contributed by atoms with E-state index >= 15 is 0 Å². The van der Waals surface area contributed by atoms with Gasteiger partial charge in [-0.3, -0.25) is 9.59 Å². The number of carbonyl (C=O) groups excluding carboxylic acids is 3. The van der Waals surface area contributed by atoms with Crippen LogP contribution in [0.1, 0.15) is 33.3 Å². The highest BCUT2D eigenvalue weighted by atomic mass is 35.5. The van der Waals surface area contributed by atoms with E-state index < -0.39 is 42.1 Å². The topological polar surface area (TPSA) is 107 Å². The Labute approximate surface area is 184 Å². The summed E-state index contributed by atoms with van der Waals surface area (Å²) in [6.07, 6.45) is 0.319. The second-order valence-corrected chi connectivity index (χ2v) is 7.23. The molecule has 0 radical (unpaired) electrons. The first-order valence-corrected chi connectivity index (χ1v) is 9.72. The first-order chi connectivity index (χ1) is 13.7. The third kappa shape index (κ3) is 8.55. The molecule has 30 heavy (non-hydrogen) atoms. The summed E-state index contributed by atoms with van der Waals surface area (Å²) in [5.74, 6) is -2.74. The van der Waals surface area contributed by atoms with Gasteiger partial charge in [-0.05, 0) is 25.8 Å². The largest absolute Gasteiger partial charge is 1.00 e. The fourth-order valence-electron chi connectivity index (χ4n) is 2.68. The van der Waals surface area contributed by atoms with Gasteiger partial charge < -0.3 is 32.4 Å². The predicted octanol–water partition coefficient (Wildman–Crippen LogP) is -1.29. The third-order valence-electron chi connectivity index (χ3n) is 4.25. The summed E-state index contributed by atoms with van der Waals surface area (Å²) in [5, 5.41) is 0. The van der Waals surface area contributed by atoms with Crippen LogP contribution in [0.5, 0.6) is 0 Å². The van der Waals surface area contributed by atoms with Crippen LogP contribution in [0.25, 0.3) is 0 Å². The van der Waals surface area contributed by atoms with Crippen molar-refractivity contribution in [3.8, 4) is 0 Å². The van der Waals surface area contributed by atoms with E-state index in [0.29, 0.717) is 6.42 Å². The summed E-state index contributed by atoms with van der Waals surface area (Å²) in [6.45, 7) is 10.1. The first-order valence-electron chi connectivity index (χ1n) is 9.72. The number of benzene rings is 1. The Morgan fingerprint density at radius 2 is 1.87 bits per heavy atom. The van der Waals surface area contributed by atoms with Crippen LogP contribution in [0.3, 0.4) is 0 Å². The molecule has 0 saturated carbocycles. The summed E-state index contributed by atoms with van der Waals surface area (Å²) in [4.78, 5) is 36.9. The van der Waals surface area contributed by atoms with Gasteiger partial charge in [0, 0.05) is 0 Å². The van der Waals surface area contributed by atoms with Crippen LogP contribution in [0, 0.1) is 11.8 Å². The maximum Gasteiger partial charge on any atom is 0.368 e. The van der Waals surface area contributed by atoms with Crippen LogP contribution in [0.15, 0.2) is 43.0 Å². The third-order valence-corrected chi connectivity index (χ3v) is 4.25. The Morgan fingerprint density at radius 1 is 1.30 bits per heavy atom.